The van der Waals surface area contributed by atoms with Gasteiger partial charge >= 0.3 is 0 Å². The molecule has 3 rings (SSSR count). The minimum Gasteiger partial charge on any atom is -0.384 e. The Morgan fingerprint density at radius 1 is 1.47 bits per heavy atom. The molecule has 1 amide bonds. The van der Waals surface area contributed by atoms with Crippen LogP contribution in [0, 0.1) is 0 Å². The Hall–Kier alpha value is -0.870. The van der Waals surface area contributed by atoms with Crippen molar-refractivity contribution < 1.29 is 4.79 Å². The maximum absolute atomic E-state index is 12.4. The lowest BCUT2D eigenvalue weighted by Gasteiger charge is -2.30. The highest BCUT2D eigenvalue weighted by Gasteiger charge is 2.23. The highest BCUT2D eigenvalue weighted by molar-refractivity contribution is 7.99. The first-order valence-corrected chi connectivity index (χ1v) is 7.56. The summed E-state index contributed by atoms with van der Waals surface area (Å²) in [4.78, 5) is 14.4. The second kappa shape index (κ2) is 6.06. The number of halogens is 1. The molecule has 2 aliphatic rings. The molecule has 19 heavy (non-hydrogen) atoms. The van der Waals surface area contributed by atoms with Crippen molar-refractivity contribution in [3.8, 4) is 0 Å². The summed E-state index contributed by atoms with van der Waals surface area (Å²) in [5.74, 6) is 1.25. The van der Waals surface area contributed by atoms with E-state index in [1.54, 1.807) is 0 Å². The van der Waals surface area contributed by atoms with Crippen LogP contribution in [0.2, 0.25) is 0 Å². The zero-order valence-corrected chi connectivity index (χ0v) is 12.6. The zero-order valence-electron chi connectivity index (χ0n) is 11.0. The maximum atomic E-state index is 12.4. The highest BCUT2D eigenvalue weighted by Crippen LogP contribution is 2.25. The van der Waals surface area contributed by atoms with E-state index >= 15 is 0 Å². The van der Waals surface area contributed by atoms with Crippen LogP contribution in [-0.2, 0) is 6.42 Å². The Labute approximate surface area is 124 Å². The van der Waals surface area contributed by atoms with E-state index in [4.69, 9.17) is 0 Å². The molecule has 0 bridgehead atoms. The van der Waals surface area contributed by atoms with Crippen molar-refractivity contribution in [2.75, 3.05) is 30.7 Å². The van der Waals surface area contributed by atoms with E-state index in [0.29, 0.717) is 5.25 Å². The van der Waals surface area contributed by atoms with Gasteiger partial charge in [0, 0.05) is 41.9 Å². The molecular formula is C14H19ClN2OS. The smallest absolute Gasteiger partial charge is 0.253 e. The molecule has 1 saturated heterocycles. The largest absolute Gasteiger partial charge is 0.384 e. The molecule has 3 nitrogen and oxygen atoms in total. The van der Waals surface area contributed by atoms with Crippen molar-refractivity contribution >= 4 is 35.8 Å². The summed E-state index contributed by atoms with van der Waals surface area (Å²) in [5, 5.41) is 3.88. The van der Waals surface area contributed by atoms with Gasteiger partial charge in [-0.1, -0.05) is 6.92 Å². The van der Waals surface area contributed by atoms with Crippen molar-refractivity contribution in [3.05, 3.63) is 29.3 Å². The topological polar surface area (TPSA) is 32.3 Å². The molecule has 1 atom stereocenters. The van der Waals surface area contributed by atoms with E-state index in [2.05, 4.69) is 18.3 Å². The third-order valence-electron chi connectivity index (χ3n) is 3.59. The predicted octanol–water partition coefficient (Wildman–Crippen LogP) is 2.65. The van der Waals surface area contributed by atoms with Gasteiger partial charge in [0.2, 0.25) is 0 Å². The number of anilines is 1. The van der Waals surface area contributed by atoms with Crippen LogP contribution >= 0.6 is 24.2 Å². The number of thioether (sulfide) groups is 1. The molecule has 1 aromatic rings. The highest BCUT2D eigenvalue weighted by atomic mass is 35.5. The number of carbonyl (C=O) groups is 1. The SMILES string of the molecule is CC1CN(C(=O)c2ccc3c(c2)CCN3)CCS1.Cl. The standard InChI is InChI=1S/C14H18N2OS.ClH/c1-10-9-16(6-7-18-10)14(17)12-2-3-13-11(8-12)4-5-15-13;/h2-3,8,10,15H,4-7,9H2,1H3;1H. The Bertz CT molecular complexity index is 481. The fraction of sp³-hybridized carbons (Fsp3) is 0.500. The molecule has 1 unspecified atom stereocenters. The predicted molar refractivity (Wildman–Crippen MR) is 83.7 cm³/mol. The van der Waals surface area contributed by atoms with Crippen molar-refractivity contribution in [2.45, 2.75) is 18.6 Å². The zero-order chi connectivity index (χ0) is 12.5. The van der Waals surface area contributed by atoms with E-state index in [0.717, 1.165) is 37.4 Å². The van der Waals surface area contributed by atoms with Gasteiger partial charge < -0.3 is 10.2 Å². The number of nitrogens with one attached hydrogen (secondary N) is 1. The number of hydrogen-bond donors (Lipinski definition) is 1. The van der Waals surface area contributed by atoms with Gasteiger partial charge in [0.05, 0.1) is 0 Å². The summed E-state index contributed by atoms with van der Waals surface area (Å²) in [6, 6.07) is 6.05. The Morgan fingerprint density at radius 3 is 3.11 bits per heavy atom. The quantitative estimate of drug-likeness (QED) is 0.865. The van der Waals surface area contributed by atoms with Gasteiger partial charge in [0.1, 0.15) is 0 Å². The van der Waals surface area contributed by atoms with E-state index in [1.165, 1.54) is 11.3 Å². The summed E-state index contributed by atoms with van der Waals surface area (Å²) in [5.41, 5.74) is 3.31. The number of benzene rings is 1. The summed E-state index contributed by atoms with van der Waals surface area (Å²) in [6.45, 7) is 4.93. The first-order chi connectivity index (χ1) is 8.74. The summed E-state index contributed by atoms with van der Waals surface area (Å²) < 4.78 is 0. The van der Waals surface area contributed by atoms with Gasteiger partial charge in [-0.2, -0.15) is 11.8 Å². The van der Waals surface area contributed by atoms with Crippen LogP contribution in [0.25, 0.3) is 0 Å². The van der Waals surface area contributed by atoms with Crippen molar-refractivity contribution in [1.82, 2.24) is 4.90 Å². The first-order valence-electron chi connectivity index (χ1n) is 6.52. The van der Waals surface area contributed by atoms with E-state index < -0.39 is 0 Å². The van der Waals surface area contributed by atoms with Crippen LogP contribution in [0.3, 0.4) is 0 Å². The third-order valence-corrected chi connectivity index (χ3v) is 4.73. The molecule has 0 radical (unpaired) electrons. The Balaban J connectivity index is 0.00000133. The van der Waals surface area contributed by atoms with E-state index in [1.807, 2.05) is 28.8 Å². The monoisotopic (exact) mass is 298 g/mol. The Kier molecular flexibility index (Phi) is 4.63. The lowest BCUT2D eigenvalue weighted by Crippen LogP contribution is -2.41. The van der Waals surface area contributed by atoms with Crippen LogP contribution < -0.4 is 5.32 Å². The second-order valence-electron chi connectivity index (χ2n) is 4.98. The molecule has 0 aromatic heterocycles. The number of carbonyl (C=O) groups excluding carboxylic acids is 1. The summed E-state index contributed by atoms with van der Waals surface area (Å²) in [6.07, 6.45) is 1.03. The first kappa shape index (κ1) is 14.5. The molecule has 0 aliphatic carbocycles. The third kappa shape index (κ3) is 3.00. The molecule has 1 aromatic carbocycles. The van der Waals surface area contributed by atoms with Gasteiger partial charge in [-0.3, -0.25) is 4.79 Å². The lowest BCUT2D eigenvalue weighted by molar-refractivity contribution is 0.0763. The minimum atomic E-state index is 0. The van der Waals surface area contributed by atoms with Crippen LogP contribution in [0.15, 0.2) is 18.2 Å². The van der Waals surface area contributed by atoms with Crippen LogP contribution in [0.5, 0.6) is 0 Å². The molecule has 5 heteroatoms. The van der Waals surface area contributed by atoms with E-state index in [-0.39, 0.29) is 18.3 Å². The number of amides is 1. The lowest BCUT2D eigenvalue weighted by atomic mass is 10.1. The molecule has 2 heterocycles. The van der Waals surface area contributed by atoms with Gasteiger partial charge in [-0.15, -0.1) is 12.4 Å². The number of nitrogens with zero attached hydrogens (tertiary/aromatic N) is 1. The van der Waals surface area contributed by atoms with Crippen LogP contribution in [0.4, 0.5) is 5.69 Å². The number of hydrogen-bond acceptors (Lipinski definition) is 3. The van der Waals surface area contributed by atoms with E-state index in [9.17, 15) is 4.79 Å². The average Bonchev–Trinajstić information content (AvgIpc) is 2.85. The van der Waals surface area contributed by atoms with Crippen molar-refractivity contribution in [3.63, 3.8) is 0 Å². The molecular weight excluding hydrogens is 280 g/mol. The Morgan fingerprint density at radius 2 is 2.32 bits per heavy atom. The molecule has 0 spiro atoms. The molecule has 1 fully saturated rings. The summed E-state index contributed by atoms with van der Waals surface area (Å²) >= 11 is 1.95. The van der Waals surface area contributed by atoms with Gasteiger partial charge in [-0.05, 0) is 30.2 Å². The second-order valence-corrected chi connectivity index (χ2v) is 6.53. The van der Waals surface area contributed by atoms with Crippen LogP contribution in [0.1, 0.15) is 22.8 Å². The fourth-order valence-corrected chi connectivity index (χ4v) is 3.64. The molecule has 0 saturated carbocycles. The molecule has 104 valence electrons. The number of rotatable bonds is 1. The summed E-state index contributed by atoms with van der Waals surface area (Å²) in [7, 11) is 0. The maximum Gasteiger partial charge on any atom is 0.253 e. The van der Waals surface area contributed by atoms with Gasteiger partial charge in [-0.25, -0.2) is 0 Å². The fourth-order valence-electron chi connectivity index (χ4n) is 2.62. The van der Waals surface area contributed by atoms with Gasteiger partial charge in [0.15, 0.2) is 0 Å². The van der Waals surface area contributed by atoms with Gasteiger partial charge in [0.25, 0.3) is 5.91 Å². The minimum absolute atomic E-state index is 0. The molecule has 1 N–H and O–H groups in total. The van der Waals surface area contributed by atoms with Crippen LogP contribution in [-0.4, -0.2) is 41.4 Å². The molecule has 2 aliphatic heterocycles. The van der Waals surface area contributed by atoms with Crippen molar-refractivity contribution in [2.24, 2.45) is 0 Å². The number of fused-ring (bicyclic) bond motifs is 1. The average molecular weight is 299 g/mol. The normalized spacial score (nSPS) is 21.3. The van der Waals surface area contributed by atoms with Crippen molar-refractivity contribution in [1.29, 1.82) is 0 Å².